The number of rotatable bonds is 5. The molecule has 0 amide bonds. The van der Waals surface area contributed by atoms with Gasteiger partial charge in [0.15, 0.2) is 11.5 Å². The molecule has 1 atom stereocenters. The molecule has 2 fully saturated rings. The molecule has 19 heavy (non-hydrogen) atoms. The molecule has 1 saturated heterocycles. The zero-order valence-corrected chi connectivity index (χ0v) is 11.7. The van der Waals surface area contributed by atoms with Crippen LogP contribution in [-0.2, 0) is 0 Å². The van der Waals surface area contributed by atoms with Gasteiger partial charge < -0.3 is 19.7 Å². The van der Waals surface area contributed by atoms with Gasteiger partial charge in [-0.2, -0.15) is 0 Å². The zero-order valence-electron chi connectivity index (χ0n) is 11.7. The first-order valence-corrected chi connectivity index (χ1v) is 7.03. The van der Waals surface area contributed by atoms with Crippen molar-refractivity contribution < 1.29 is 9.47 Å². The SMILES string of the molecule is COc1ccc(N2CCC(NC3CC3)C2)cc1OC. The van der Waals surface area contributed by atoms with Crippen molar-refractivity contribution >= 4 is 5.69 Å². The van der Waals surface area contributed by atoms with E-state index in [9.17, 15) is 0 Å². The third-order valence-electron chi connectivity index (χ3n) is 3.97. The standard InChI is InChI=1S/C15H22N2O2/c1-18-14-6-5-13(9-15(14)19-2)17-8-7-12(10-17)16-11-3-4-11/h5-6,9,11-12,16H,3-4,7-8,10H2,1-2H3. The van der Waals surface area contributed by atoms with Crippen LogP contribution < -0.4 is 19.7 Å². The zero-order chi connectivity index (χ0) is 13.2. The number of hydrogen-bond acceptors (Lipinski definition) is 4. The second kappa shape index (κ2) is 5.29. The number of nitrogens with zero attached hydrogens (tertiary/aromatic N) is 1. The van der Waals surface area contributed by atoms with Crippen molar-refractivity contribution in [3.8, 4) is 11.5 Å². The molecule has 1 unspecified atom stereocenters. The molecule has 1 aromatic rings. The summed E-state index contributed by atoms with van der Waals surface area (Å²) < 4.78 is 10.7. The maximum atomic E-state index is 5.37. The van der Waals surface area contributed by atoms with E-state index in [1.165, 1.54) is 24.9 Å². The topological polar surface area (TPSA) is 33.7 Å². The van der Waals surface area contributed by atoms with E-state index in [2.05, 4.69) is 22.3 Å². The van der Waals surface area contributed by atoms with Crippen LogP contribution >= 0.6 is 0 Å². The lowest BCUT2D eigenvalue weighted by Gasteiger charge is -2.20. The molecule has 1 heterocycles. The van der Waals surface area contributed by atoms with Crippen LogP contribution in [0.4, 0.5) is 5.69 Å². The molecule has 104 valence electrons. The molecule has 0 radical (unpaired) electrons. The van der Waals surface area contributed by atoms with Crippen LogP contribution in [0.25, 0.3) is 0 Å². The molecular formula is C15H22N2O2. The number of hydrogen-bond donors (Lipinski definition) is 1. The van der Waals surface area contributed by atoms with Gasteiger partial charge in [-0.15, -0.1) is 0 Å². The molecule has 4 nitrogen and oxygen atoms in total. The van der Waals surface area contributed by atoms with Gasteiger partial charge in [-0.25, -0.2) is 0 Å². The highest BCUT2D eigenvalue weighted by Crippen LogP contribution is 2.33. The van der Waals surface area contributed by atoms with Gasteiger partial charge in [-0.1, -0.05) is 0 Å². The normalized spacial score (nSPS) is 22.6. The minimum atomic E-state index is 0.639. The van der Waals surface area contributed by atoms with E-state index in [-0.39, 0.29) is 0 Å². The number of nitrogens with one attached hydrogen (secondary N) is 1. The highest BCUT2D eigenvalue weighted by atomic mass is 16.5. The van der Waals surface area contributed by atoms with E-state index in [0.29, 0.717) is 6.04 Å². The molecular weight excluding hydrogens is 240 g/mol. The first-order chi connectivity index (χ1) is 9.30. The molecule has 4 heteroatoms. The minimum Gasteiger partial charge on any atom is -0.493 e. The lowest BCUT2D eigenvalue weighted by molar-refractivity contribution is 0.355. The Morgan fingerprint density at radius 3 is 2.53 bits per heavy atom. The first-order valence-electron chi connectivity index (χ1n) is 7.03. The van der Waals surface area contributed by atoms with Crippen LogP contribution in [0.5, 0.6) is 11.5 Å². The Balaban J connectivity index is 1.68. The van der Waals surface area contributed by atoms with Crippen molar-refractivity contribution in [3.05, 3.63) is 18.2 Å². The molecule has 0 spiro atoms. The highest BCUT2D eigenvalue weighted by molar-refractivity contribution is 5.57. The van der Waals surface area contributed by atoms with Crippen molar-refractivity contribution in [2.24, 2.45) is 0 Å². The summed E-state index contributed by atoms with van der Waals surface area (Å²) in [5.74, 6) is 1.59. The monoisotopic (exact) mass is 262 g/mol. The van der Waals surface area contributed by atoms with E-state index >= 15 is 0 Å². The average molecular weight is 262 g/mol. The summed E-state index contributed by atoms with van der Waals surface area (Å²) in [5, 5.41) is 3.71. The van der Waals surface area contributed by atoms with E-state index in [4.69, 9.17) is 9.47 Å². The maximum absolute atomic E-state index is 5.37. The Kier molecular flexibility index (Phi) is 3.51. The number of ether oxygens (including phenoxy) is 2. The van der Waals surface area contributed by atoms with E-state index in [0.717, 1.165) is 30.6 Å². The van der Waals surface area contributed by atoms with Crippen LogP contribution in [0.15, 0.2) is 18.2 Å². The van der Waals surface area contributed by atoms with Crippen LogP contribution in [-0.4, -0.2) is 39.4 Å². The average Bonchev–Trinajstić information content (AvgIpc) is 3.13. The predicted molar refractivity (Wildman–Crippen MR) is 76.3 cm³/mol. The molecule has 0 bridgehead atoms. The van der Waals surface area contributed by atoms with E-state index in [1.54, 1.807) is 14.2 Å². The maximum Gasteiger partial charge on any atom is 0.162 e. The lowest BCUT2D eigenvalue weighted by Crippen LogP contribution is -2.33. The fraction of sp³-hybridized carbons (Fsp3) is 0.600. The predicted octanol–water partition coefficient (Wildman–Crippen LogP) is 2.03. The number of benzene rings is 1. The molecule has 3 rings (SSSR count). The van der Waals surface area contributed by atoms with Crippen LogP contribution in [0.2, 0.25) is 0 Å². The lowest BCUT2D eigenvalue weighted by atomic mass is 10.2. The van der Waals surface area contributed by atoms with Crippen LogP contribution in [0.1, 0.15) is 19.3 Å². The Morgan fingerprint density at radius 1 is 1.05 bits per heavy atom. The van der Waals surface area contributed by atoms with Gasteiger partial charge in [0, 0.05) is 36.9 Å². The summed E-state index contributed by atoms with van der Waals surface area (Å²) in [5.41, 5.74) is 1.22. The van der Waals surface area contributed by atoms with Crippen molar-refractivity contribution in [2.45, 2.75) is 31.3 Å². The van der Waals surface area contributed by atoms with Crippen molar-refractivity contribution in [3.63, 3.8) is 0 Å². The Hall–Kier alpha value is -1.42. The summed E-state index contributed by atoms with van der Waals surface area (Å²) in [6.45, 7) is 2.20. The van der Waals surface area contributed by atoms with E-state index in [1.807, 2.05) is 6.07 Å². The molecule has 1 N–H and O–H groups in total. The second-order valence-electron chi connectivity index (χ2n) is 5.41. The van der Waals surface area contributed by atoms with Crippen LogP contribution in [0.3, 0.4) is 0 Å². The third-order valence-corrected chi connectivity index (χ3v) is 3.97. The summed E-state index contributed by atoms with van der Waals surface area (Å²) in [7, 11) is 3.35. The largest absolute Gasteiger partial charge is 0.493 e. The molecule has 0 aromatic heterocycles. The van der Waals surface area contributed by atoms with Crippen molar-refractivity contribution in [1.29, 1.82) is 0 Å². The molecule has 1 saturated carbocycles. The highest BCUT2D eigenvalue weighted by Gasteiger charge is 2.29. The van der Waals surface area contributed by atoms with E-state index < -0.39 is 0 Å². The van der Waals surface area contributed by atoms with Gasteiger partial charge in [0.2, 0.25) is 0 Å². The Bertz CT molecular complexity index is 446. The first kappa shape index (κ1) is 12.6. The fourth-order valence-corrected chi connectivity index (χ4v) is 2.74. The Labute approximate surface area is 114 Å². The Morgan fingerprint density at radius 2 is 1.84 bits per heavy atom. The van der Waals surface area contributed by atoms with Crippen LogP contribution in [0, 0.1) is 0 Å². The molecule has 1 aromatic carbocycles. The summed E-state index contributed by atoms with van der Waals surface area (Å²) in [6.07, 6.45) is 3.94. The smallest absolute Gasteiger partial charge is 0.162 e. The van der Waals surface area contributed by atoms with Gasteiger partial charge in [0.1, 0.15) is 0 Å². The van der Waals surface area contributed by atoms with Gasteiger partial charge in [0.25, 0.3) is 0 Å². The summed E-state index contributed by atoms with van der Waals surface area (Å²) >= 11 is 0. The summed E-state index contributed by atoms with van der Waals surface area (Å²) in [4.78, 5) is 2.42. The quantitative estimate of drug-likeness (QED) is 0.880. The van der Waals surface area contributed by atoms with Crippen molar-refractivity contribution in [1.82, 2.24) is 5.32 Å². The van der Waals surface area contributed by atoms with Crippen molar-refractivity contribution in [2.75, 3.05) is 32.2 Å². The minimum absolute atomic E-state index is 0.639. The molecule has 1 aliphatic carbocycles. The fourth-order valence-electron chi connectivity index (χ4n) is 2.74. The van der Waals surface area contributed by atoms with Gasteiger partial charge >= 0.3 is 0 Å². The second-order valence-corrected chi connectivity index (χ2v) is 5.41. The molecule has 1 aliphatic heterocycles. The van der Waals surface area contributed by atoms with Gasteiger partial charge in [-0.05, 0) is 31.4 Å². The van der Waals surface area contributed by atoms with Gasteiger partial charge in [-0.3, -0.25) is 0 Å². The number of anilines is 1. The third kappa shape index (κ3) is 2.78. The number of methoxy groups -OCH3 is 2. The molecule has 2 aliphatic rings. The van der Waals surface area contributed by atoms with Gasteiger partial charge in [0.05, 0.1) is 14.2 Å². The summed E-state index contributed by atoms with van der Waals surface area (Å²) in [6, 6.07) is 7.59.